The summed E-state index contributed by atoms with van der Waals surface area (Å²) in [5.74, 6) is -2.62. The van der Waals surface area contributed by atoms with Gasteiger partial charge in [0, 0.05) is 23.8 Å². The first-order valence-electron chi connectivity index (χ1n) is 13.7. The van der Waals surface area contributed by atoms with E-state index in [-0.39, 0.29) is 16.7 Å². The molecule has 4 atom stereocenters. The molecule has 0 fully saturated rings. The lowest BCUT2D eigenvalue weighted by molar-refractivity contribution is -0.279. The van der Waals surface area contributed by atoms with Crippen molar-refractivity contribution in [2.24, 2.45) is 5.92 Å². The van der Waals surface area contributed by atoms with Crippen molar-refractivity contribution in [1.29, 1.82) is 0 Å². The molecule has 4 rings (SSSR count). The number of Topliss-reactive ketones (excluding diaryl/α,β-unsaturated/α-hetero) is 1. The van der Waals surface area contributed by atoms with E-state index in [9.17, 15) is 27.6 Å². The Morgan fingerprint density at radius 1 is 1.14 bits per heavy atom. The van der Waals surface area contributed by atoms with Crippen LogP contribution in [0, 0.1) is 5.92 Å². The van der Waals surface area contributed by atoms with Gasteiger partial charge in [0.2, 0.25) is 0 Å². The maximum Gasteiger partial charge on any atom is 0.432 e. The molecule has 0 N–H and O–H groups in total. The predicted octanol–water partition coefficient (Wildman–Crippen LogP) is 6.49. The molecular weight excluding hydrogens is 565 g/mol. The molecule has 228 valence electrons. The van der Waals surface area contributed by atoms with E-state index < -0.39 is 46.8 Å². The Labute approximate surface area is 248 Å². The van der Waals surface area contributed by atoms with Crippen molar-refractivity contribution in [3.05, 3.63) is 106 Å². The second-order valence-corrected chi connectivity index (χ2v) is 10.8. The zero-order valence-corrected chi connectivity index (χ0v) is 24.7. The van der Waals surface area contributed by atoms with E-state index in [0.29, 0.717) is 17.3 Å². The van der Waals surface area contributed by atoms with Gasteiger partial charge < -0.3 is 18.9 Å². The summed E-state index contributed by atoms with van der Waals surface area (Å²) in [6, 6.07) is 6.36. The van der Waals surface area contributed by atoms with Gasteiger partial charge in [0.1, 0.15) is 11.3 Å². The highest BCUT2D eigenvalue weighted by atomic mass is 19.4. The van der Waals surface area contributed by atoms with Crippen molar-refractivity contribution >= 4 is 17.7 Å². The van der Waals surface area contributed by atoms with Crippen molar-refractivity contribution in [3.8, 4) is 0 Å². The zero-order valence-electron chi connectivity index (χ0n) is 24.7. The molecule has 0 saturated carbocycles. The SMILES string of the molecule is CCC(C)/C=C(C)/C=C/C1=CC2=CC3=C(C(C)=O)C(=O)OC3(C)C(OC(=O)C(OC)(c3ccccc3)C(F)(F)F)C2=CO1. The number of carbonyl (C=O) groups excluding carboxylic acids is 3. The van der Waals surface area contributed by atoms with Crippen LogP contribution in [0.1, 0.15) is 46.6 Å². The number of fused-ring (bicyclic) bond motifs is 2. The standard InChI is InChI=1S/C33H33F3O7/c1-7-19(2)15-20(3)13-14-24-16-22-17-26-27(21(4)37)29(38)43-31(26,5)28(25(22)18-41-24)42-30(39)32(40-6,33(34,35)36)23-11-9-8-10-12-23/h8-19,28H,7H2,1-6H3/b14-13+,20-15+. The Balaban J connectivity index is 1.82. The zero-order chi connectivity index (χ0) is 31.7. The molecule has 2 aliphatic heterocycles. The second kappa shape index (κ2) is 11.8. The van der Waals surface area contributed by atoms with Crippen LogP contribution >= 0.6 is 0 Å². The van der Waals surface area contributed by atoms with E-state index in [2.05, 4.69) is 19.9 Å². The molecule has 3 aliphatic rings. The fraction of sp³-hybridized carbons (Fsp3) is 0.364. The second-order valence-electron chi connectivity index (χ2n) is 10.8. The number of benzene rings is 1. The highest BCUT2D eigenvalue weighted by Crippen LogP contribution is 2.50. The van der Waals surface area contributed by atoms with Crippen LogP contribution in [0.2, 0.25) is 0 Å². The van der Waals surface area contributed by atoms with Crippen molar-refractivity contribution in [3.63, 3.8) is 0 Å². The number of ether oxygens (including phenoxy) is 4. The smallest absolute Gasteiger partial charge is 0.432 e. The summed E-state index contributed by atoms with van der Waals surface area (Å²) in [5.41, 5.74) is -4.53. The number of rotatable bonds is 9. The molecule has 0 saturated heterocycles. The van der Waals surface area contributed by atoms with Gasteiger partial charge in [-0.2, -0.15) is 13.2 Å². The average molecular weight is 599 g/mol. The first-order valence-corrected chi connectivity index (χ1v) is 13.7. The minimum absolute atomic E-state index is 0.0824. The Bertz CT molecular complexity index is 1510. The number of ketones is 1. The molecule has 7 nitrogen and oxygen atoms in total. The van der Waals surface area contributed by atoms with Crippen molar-refractivity contribution in [2.75, 3.05) is 7.11 Å². The summed E-state index contributed by atoms with van der Waals surface area (Å²) in [6.07, 6.45) is 4.13. The lowest BCUT2D eigenvalue weighted by atomic mass is 9.75. The number of hydrogen-bond donors (Lipinski definition) is 0. The van der Waals surface area contributed by atoms with Gasteiger partial charge in [-0.15, -0.1) is 0 Å². The summed E-state index contributed by atoms with van der Waals surface area (Å²) in [4.78, 5) is 39.0. The molecule has 0 aromatic heterocycles. The molecule has 0 radical (unpaired) electrons. The number of esters is 2. The van der Waals surface area contributed by atoms with Gasteiger partial charge in [0.25, 0.3) is 5.60 Å². The lowest BCUT2D eigenvalue weighted by Crippen LogP contribution is -2.56. The highest BCUT2D eigenvalue weighted by Gasteiger charge is 2.66. The van der Waals surface area contributed by atoms with E-state index in [1.165, 1.54) is 44.4 Å². The monoisotopic (exact) mass is 598 g/mol. The third-order valence-corrected chi connectivity index (χ3v) is 7.80. The Morgan fingerprint density at radius 3 is 2.40 bits per heavy atom. The first kappa shape index (κ1) is 31.7. The molecule has 1 aromatic carbocycles. The minimum Gasteiger partial charge on any atom is -0.465 e. The summed E-state index contributed by atoms with van der Waals surface area (Å²) < 4.78 is 65.8. The van der Waals surface area contributed by atoms with Crippen LogP contribution in [0.15, 0.2) is 101 Å². The number of carbonyl (C=O) groups is 3. The molecule has 1 aliphatic carbocycles. The maximum atomic E-state index is 14.7. The molecule has 0 spiro atoms. The van der Waals surface area contributed by atoms with Crippen LogP contribution in [0.25, 0.3) is 0 Å². The number of halogens is 3. The number of methoxy groups -OCH3 is 1. The average Bonchev–Trinajstić information content (AvgIpc) is 3.21. The fourth-order valence-electron chi connectivity index (χ4n) is 5.34. The fourth-order valence-corrected chi connectivity index (χ4v) is 5.34. The van der Waals surface area contributed by atoms with Gasteiger partial charge in [0.05, 0.1) is 6.26 Å². The quantitative estimate of drug-likeness (QED) is 0.182. The molecule has 10 heteroatoms. The summed E-state index contributed by atoms with van der Waals surface area (Å²) in [7, 11) is 0.756. The molecule has 0 amide bonds. The van der Waals surface area contributed by atoms with Gasteiger partial charge in [-0.1, -0.05) is 68.3 Å². The molecule has 1 aromatic rings. The van der Waals surface area contributed by atoms with Crippen molar-refractivity contribution in [1.82, 2.24) is 0 Å². The number of alkyl halides is 3. The third-order valence-electron chi connectivity index (χ3n) is 7.80. The van der Waals surface area contributed by atoms with Gasteiger partial charge in [-0.05, 0) is 50.5 Å². The maximum absolute atomic E-state index is 14.7. The molecular formula is C33H33F3O7. The van der Waals surface area contributed by atoms with Crippen LogP contribution in [-0.4, -0.2) is 42.7 Å². The first-order chi connectivity index (χ1) is 20.2. The predicted molar refractivity (Wildman–Crippen MR) is 151 cm³/mol. The highest BCUT2D eigenvalue weighted by molar-refractivity contribution is 6.19. The number of hydrogen-bond acceptors (Lipinski definition) is 7. The van der Waals surface area contributed by atoms with Crippen LogP contribution < -0.4 is 0 Å². The molecule has 43 heavy (non-hydrogen) atoms. The molecule has 0 bridgehead atoms. The van der Waals surface area contributed by atoms with Crippen LogP contribution in [0.5, 0.6) is 0 Å². The van der Waals surface area contributed by atoms with Gasteiger partial charge in [-0.25, -0.2) is 9.59 Å². The van der Waals surface area contributed by atoms with Crippen LogP contribution in [0.4, 0.5) is 13.2 Å². The van der Waals surface area contributed by atoms with Crippen LogP contribution in [0.3, 0.4) is 0 Å². The van der Waals surface area contributed by atoms with Gasteiger partial charge in [0.15, 0.2) is 17.5 Å². The number of allylic oxidation sites excluding steroid dienone is 5. The molecule has 2 heterocycles. The van der Waals surface area contributed by atoms with E-state index >= 15 is 0 Å². The topological polar surface area (TPSA) is 88.1 Å². The van der Waals surface area contributed by atoms with Crippen molar-refractivity contribution < 1.29 is 46.5 Å². The normalized spacial score (nSPS) is 24.1. The summed E-state index contributed by atoms with van der Waals surface area (Å²) >= 11 is 0. The molecule has 4 unspecified atom stereocenters. The third kappa shape index (κ3) is 5.63. The van der Waals surface area contributed by atoms with Gasteiger partial charge >= 0.3 is 18.1 Å². The largest absolute Gasteiger partial charge is 0.465 e. The summed E-state index contributed by atoms with van der Waals surface area (Å²) in [5, 5.41) is 0. The van der Waals surface area contributed by atoms with E-state index in [1.807, 2.05) is 13.0 Å². The minimum atomic E-state index is -5.24. The Kier molecular flexibility index (Phi) is 8.74. The van der Waals surface area contributed by atoms with E-state index in [1.54, 1.807) is 12.2 Å². The van der Waals surface area contributed by atoms with Gasteiger partial charge in [-0.3, -0.25) is 4.79 Å². The summed E-state index contributed by atoms with van der Waals surface area (Å²) in [6.45, 7) is 8.66. The lowest BCUT2D eigenvalue weighted by Gasteiger charge is -2.41. The van der Waals surface area contributed by atoms with E-state index in [4.69, 9.17) is 18.9 Å². The van der Waals surface area contributed by atoms with Crippen LogP contribution in [-0.2, 0) is 38.9 Å². The van der Waals surface area contributed by atoms with Crippen molar-refractivity contribution in [2.45, 2.75) is 64.5 Å². The van der Waals surface area contributed by atoms with E-state index in [0.717, 1.165) is 31.2 Å². The Morgan fingerprint density at radius 2 is 1.81 bits per heavy atom. The Hall–Kier alpha value is -4.18.